The van der Waals surface area contributed by atoms with Crippen LogP contribution in [0.3, 0.4) is 0 Å². The molecule has 180 valence electrons. The summed E-state index contributed by atoms with van der Waals surface area (Å²) in [6.45, 7) is 5.12. The lowest BCUT2D eigenvalue weighted by molar-refractivity contribution is -0.128. The van der Waals surface area contributed by atoms with Crippen LogP contribution in [-0.2, 0) is 38.1 Å². The maximum Gasteiger partial charge on any atom is 0.239 e. The first-order valence-electron chi connectivity index (χ1n) is 10.2. The van der Waals surface area contributed by atoms with Gasteiger partial charge in [-0.15, -0.1) is 0 Å². The summed E-state index contributed by atoms with van der Waals surface area (Å²) in [7, 11) is 1.86. The van der Waals surface area contributed by atoms with Crippen molar-refractivity contribution >= 4 is 23.5 Å². The predicted octanol–water partition coefficient (Wildman–Crippen LogP) is -2.40. The fourth-order valence-electron chi connectivity index (χ4n) is 1.90. The molecule has 0 unspecified atom stereocenters. The standard InChI is InChI=1S/C19H36N4O8/c1-16(24)13-21-18(26)15-23-19(27)14-22-17(25)3-5-28-7-9-30-11-12-31-10-8-29-6-4-20-2/h20H,3-15H2,1-2H3,(H,21,26)(H,22,25)(H,23,27). The highest BCUT2D eigenvalue weighted by molar-refractivity contribution is 5.89. The van der Waals surface area contributed by atoms with Crippen LogP contribution in [0.4, 0.5) is 0 Å². The van der Waals surface area contributed by atoms with Gasteiger partial charge in [-0.1, -0.05) is 0 Å². The second-order valence-electron chi connectivity index (χ2n) is 6.34. The second kappa shape index (κ2) is 21.1. The Morgan fingerprint density at radius 3 is 1.48 bits per heavy atom. The molecule has 0 aliphatic heterocycles. The van der Waals surface area contributed by atoms with Gasteiger partial charge in [0.05, 0.1) is 72.5 Å². The summed E-state index contributed by atoms with van der Waals surface area (Å²) in [5.74, 6) is -1.52. The summed E-state index contributed by atoms with van der Waals surface area (Å²) in [5, 5.41) is 10.1. The number of likely N-dealkylation sites (N-methyl/N-ethyl adjacent to an activating group) is 1. The molecule has 0 aliphatic carbocycles. The van der Waals surface area contributed by atoms with Crippen molar-refractivity contribution in [1.82, 2.24) is 21.3 Å². The number of carbonyl (C=O) groups excluding carboxylic acids is 4. The minimum Gasteiger partial charge on any atom is -0.379 e. The number of amides is 3. The molecule has 0 atom stereocenters. The quantitative estimate of drug-likeness (QED) is 0.141. The van der Waals surface area contributed by atoms with Crippen LogP contribution < -0.4 is 21.3 Å². The molecular weight excluding hydrogens is 412 g/mol. The molecule has 0 radical (unpaired) electrons. The molecule has 0 saturated carbocycles. The first-order chi connectivity index (χ1) is 15.0. The number of hydrogen-bond acceptors (Lipinski definition) is 9. The Balaban J connectivity index is 3.40. The van der Waals surface area contributed by atoms with E-state index in [2.05, 4.69) is 21.3 Å². The Morgan fingerprint density at radius 1 is 0.581 bits per heavy atom. The van der Waals surface area contributed by atoms with Crippen LogP contribution in [0.2, 0.25) is 0 Å². The van der Waals surface area contributed by atoms with E-state index in [0.29, 0.717) is 46.2 Å². The molecule has 0 aromatic heterocycles. The average Bonchev–Trinajstić information content (AvgIpc) is 2.75. The molecule has 31 heavy (non-hydrogen) atoms. The van der Waals surface area contributed by atoms with E-state index < -0.39 is 11.8 Å². The minimum atomic E-state index is -0.507. The highest BCUT2D eigenvalue weighted by Gasteiger charge is 2.08. The van der Waals surface area contributed by atoms with E-state index >= 15 is 0 Å². The van der Waals surface area contributed by atoms with Crippen molar-refractivity contribution in [3.63, 3.8) is 0 Å². The largest absolute Gasteiger partial charge is 0.379 e. The van der Waals surface area contributed by atoms with E-state index in [-0.39, 0.29) is 44.4 Å². The van der Waals surface area contributed by atoms with Gasteiger partial charge in [-0.3, -0.25) is 19.2 Å². The predicted molar refractivity (Wildman–Crippen MR) is 112 cm³/mol. The van der Waals surface area contributed by atoms with Crippen LogP contribution in [0.25, 0.3) is 0 Å². The first-order valence-corrected chi connectivity index (χ1v) is 10.2. The number of carbonyl (C=O) groups is 4. The van der Waals surface area contributed by atoms with Gasteiger partial charge in [0.25, 0.3) is 0 Å². The van der Waals surface area contributed by atoms with Crippen LogP contribution in [-0.4, -0.2) is 110 Å². The highest BCUT2D eigenvalue weighted by atomic mass is 16.6. The fourth-order valence-corrected chi connectivity index (χ4v) is 1.90. The molecule has 0 saturated heterocycles. The van der Waals surface area contributed by atoms with E-state index in [4.69, 9.17) is 18.9 Å². The number of nitrogens with one attached hydrogen (secondary N) is 4. The zero-order chi connectivity index (χ0) is 23.2. The maximum absolute atomic E-state index is 11.6. The van der Waals surface area contributed by atoms with Gasteiger partial charge in [0.1, 0.15) is 5.78 Å². The Hall–Kier alpha value is -2.12. The van der Waals surface area contributed by atoms with E-state index in [0.717, 1.165) is 6.54 Å². The maximum atomic E-state index is 11.6. The van der Waals surface area contributed by atoms with Crippen molar-refractivity contribution in [2.24, 2.45) is 0 Å². The normalized spacial score (nSPS) is 10.5. The van der Waals surface area contributed by atoms with Gasteiger partial charge >= 0.3 is 0 Å². The molecule has 12 heteroatoms. The summed E-state index contributed by atoms with van der Waals surface area (Å²) < 4.78 is 21.3. The van der Waals surface area contributed by atoms with Crippen LogP contribution in [0.1, 0.15) is 13.3 Å². The lowest BCUT2D eigenvalue weighted by Crippen LogP contribution is -2.42. The van der Waals surface area contributed by atoms with Gasteiger partial charge in [-0.05, 0) is 14.0 Å². The van der Waals surface area contributed by atoms with Crippen LogP contribution in [0, 0.1) is 0 Å². The Morgan fingerprint density at radius 2 is 1.00 bits per heavy atom. The fraction of sp³-hybridized carbons (Fsp3) is 0.789. The highest BCUT2D eigenvalue weighted by Crippen LogP contribution is 1.86. The van der Waals surface area contributed by atoms with E-state index in [1.165, 1.54) is 6.92 Å². The Bertz CT molecular complexity index is 519. The molecular formula is C19H36N4O8. The molecule has 0 aromatic rings. The third-order valence-electron chi connectivity index (χ3n) is 3.51. The van der Waals surface area contributed by atoms with Gasteiger partial charge in [-0.25, -0.2) is 0 Å². The molecule has 0 bridgehead atoms. The molecule has 3 amide bonds. The zero-order valence-electron chi connectivity index (χ0n) is 18.5. The molecule has 0 rings (SSSR count). The monoisotopic (exact) mass is 448 g/mol. The molecule has 0 aliphatic rings. The molecule has 12 nitrogen and oxygen atoms in total. The van der Waals surface area contributed by atoms with Crippen LogP contribution >= 0.6 is 0 Å². The summed E-state index contributed by atoms with van der Waals surface area (Å²) in [6, 6.07) is 0. The van der Waals surface area contributed by atoms with Crippen molar-refractivity contribution in [1.29, 1.82) is 0 Å². The second-order valence-corrected chi connectivity index (χ2v) is 6.34. The van der Waals surface area contributed by atoms with Crippen molar-refractivity contribution in [2.45, 2.75) is 13.3 Å². The first kappa shape index (κ1) is 28.9. The summed E-state index contributed by atoms with van der Waals surface area (Å²) in [5.41, 5.74) is 0. The van der Waals surface area contributed by atoms with Gasteiger partial charge in [-0.2, -0.15) is 0 Å². The lowest BCUT2D eigenvalue weighted by atomic mass is 10.4. The average molecular weight is 449 g/mol. The van der Waals surface area contributed by atoms with E-state index in [1.54, 1.807) is 0 Å². The van der Waals surface area contributed by atoms with Gasteiger partial charge in [0, 0.05) is 13.0 Å². The van der Waals surface area contributed by atoms with Gasteiger partial charge < -0.3 is 40.2 Å². The van der Waals surface area contributed by atoms with Crippen molar-refractivity contribution in [2.75, 3.05) is 86.1 Å². The molecule has 0 spiro atoms. The number of rotatable bonds is 21. The SMILES string of the molecule is CNCCOCCOCCOCCOCCC(=O)NCC(=O)NCC(=O)NCC(C)=O. The lowest BCUT2D eigenvalue weighted by Gasteiger charge is -2.08. The van der Waals surface area contributed by atoms with Crippen molar-refractivity contribution < 1.29 is 38.1 Å². The topological polar surface area (TPSA) is 153 Å². The van der Waals surface area contributed by atoms with Gasteiger partial charge in [0.2, 0.25) is 17.7 Å². The van der Waals surface area contributed by atoms with E-state index in [9.17, 15) is 19.2 Å². The minimum absolute atomic E-state index is 0.0862. The molecule has 0 aromatic carbocycles. The van der Waals surface area contributed by atoms with Crippen molar-refractivity contribution in [3.05, 3.63) is 0 Å². The summed E-state index contributed by atoms with van der Waals surface area (Å²) in [6.07, 6.45) is 0.100. The van der Waals surface area contributed by atoms with E-state index in [1.807, 2.05) is 7.05 Å². The van der Waals surface area contributed by atoms with Gasteiger partial charge in [0.15, 0.2) is 0 Å². The Labute approximate surface area is 183 Å². The molecule has 4 N–H and O–H groups in total. The van der Waals surface area contributed by atoms with Crippen LogP contribution in [0.15, 0.2) is 0 Å². The molecule has 0 heterocycles. The number of ketones is 1. The smallest absolute Gasteiger partial charge is 0.239 e. The number of ether oxygens (including phenoxy) is 4. The zero-order valence-corrected chi connectivity index (χ0v) is 18.5. The summed E-state index contributed by atoms with van der Waals surface area (Å²) in [4.78, 5) is 45.3. The third-order valence-corrected chi connectivity index (χ3v) is 3.51. The van der Waals surface area contributed by atoms with Crippen LogP contribution in [0.5, 0.6) is 0 Å². The summed E-state index contributed by atoms with van der Waals surface area (Å²) >= 11 is 0. The number of Topliss-reactive ketones (excluding diaryl/α,β-unsaturated/α-hetero) is 1. The molecule has 0 fully saturated rings. The Kier molecular flexibility index (Phi) is 19.7. The number of hydrogen-bond donors (Lipinski definition) is 4. The van der Waals surface area contributed by atoms with Crippen molar-refractivity contribution in [3.8, 4) is 0 Å². The third kappa shape index (κ3) is 22.4.